The average Bonchev–Trinajstić information content (AvgIpc) is 2.84. The van der Waals surface area contributed by atoms with Gasteiger partial charge in [0.1, 0.15) is 0 Å². The summed E-state index contributed by atoms with van der Waals surface area (Å²) in [5.74, 6) is -0.839. The maximum atomic E-state index is 5.35. The van der Waals surface area contributed by atoms with E-state index in [0.717, 1.165) is 12.8 Å². The van der Waals surface area contributed by atoms with Crippen molar-refractivity contribution >= 4 is 9.52 Å². The van der Waals surface area contributed by atoms with Crippen molar-refractivity contribution in [3.63, 3.8) is 0 Å². The van der Waals surface area contributed by atoms with E-state index in [1.54, 1.807) is 21.3 Å². The third-order valence-electron chi connectivity index (χ3n) is 6.98. The van der Waals surface area contributed by atoms with Gasteiger partial charge in [-0.2, -0.15) is 0 Å². The first-order valence-corrected chi connectivity index (χ1v) is 16.0. The minimum atomic E-state index is -0.839. The molecule has 198 valence electrons. The van der Waals surface area contributed by atoms with Crippen LogP contribution in [0.5, 0.6) is 0 Å². The van der Waals surface area contributed by atoms with Crippen LogP contribution in [0.2, 0.25) is 12.1 Å². The molecule has 0 saturated heterocycles. The third kappa shape index (κ3) is 22.3. The summed E-state index contributed by atoms with van der Waals surface area (Å²) in [4.78, 5) is 0. The first-order chi connectivity index (χ1) is 16.2. The summed E-state index contributed by atoms with van der Waals surface area (Å²) in [7, 11) is 6.12. The molecular formula is C29H60O3Si. The van der Waals surface area contributed by atoms with Gasteiger partial charge >= 0.3 is 0 Å². The van der Waals surface area contributed by atoms with Crippen molar-refractivity contribution in [3.05, 3.63) is 0 Å². The van der Waals surface area contributed by atoms with E-state index in [2.05, 4.69) is 6.92 Å². The topological polar surface area (TPSA) is 27.7 Å². The molecule has 0 amide bonds. The van der Waals surface area contributed by atoms with Gasteiger partial charge in [0, 0.05) is 37.3 Å². The summed E-state index contributed by atoms with van der Waals surface area (Å²) in [6.07, 6.45) is 30.6. The van der Waals surface area contributed by atoms with Gasteiger partial charge in [0.15, 0.2) is 0 Å². The molecule has 0 atom stereocenters. The van der Waals surface area contributed by atoms with Crippen LogP contribution in [-0.2, 0) is 14.2 Å². The highest BCUT2D eigenvalue weighted by Crippen LogP contribution is 2.21. The molecule has 0 aliphatic heterocycles. The molecule has 33 heavy (non-hydrogen) atoms. The second-order valence-corrected chi connectivity index (χ2v) is 11.4. The lowest BCUT2D eigenvalue weighted by atomic mass is 10.0. The zero-order chi connectivity index (χ0) is 24.3. The van der Waals surface area contributed by atoms with E-state index in [1.165, 1.54) is 150 Å². The molecule has 0 aromatic heterocycles. The lowest BCUT2D eigenvalue weighted by Crippen LogP contribution is -2.35. The molecule has 0 aromatic carbocycles. The van der Waals surface area contributed by atoms with Crippen molar-refractivity contribution in [2.75, 3.05) is 21.3 Å². The van der Waals surface area contributed by atoms with Crippen molar-refractivity contribution in [1.82, 2.24) is 0 Å². The van der Waals surface area contributed by atoms with Gasteiger partial charge in [-0.15, -0.1) is 0 Å². The molecule has 3 nitrogen and oxygen atoms in total. The molecule has 0 aliphatic rings. The molecule has 0 bridgehead atoms. The van der Waals surface area contributed by atoms with Crippen LogP contribution in [0.4, 0.5) is 0 Å². The molecule has 0 unspecified atom stereocenters. The van der Waals surface area contributed by atoms with Gasteiger partial charge in [-0.25, -0.2) is 0 Å². The van der Waals surface area contributed by atoms with Gasteiger partial charge in [0.05, 0.1) is 0 Å². The number of hydrogen-bond acceptors (Lipinski definition) is 3. The Morgan fingerprint density at radius 2 is 0.727 bits per heavy atom. The summed E-state index contributed by atoms with van der Waals surface area (Å²) < 4.78 is 16.0. The fraction of sp³-hybridized carbons (Fsp3) is 1.00. The van der Waals surface area contributed by atoms with Crippen LogP contribution < -0.4 is 0 Å². The molecule has 0 fully saturated rings. The SMILES string of the molecule is CCCCCCCCCCCCCCCCCC[Si]CCCCCCCC(OC)(OC)OC. The highest BCUT2D eigenvalue weighted by Gasteiger charge is 2.28. The molecule has 0 heterocycles. The van der Waals surface area contributed by atoms with Crippen LogP contribution in [0.1, 0.15) is 148 Å². The highest BCUT2D eigenvalue weighted by atomic mass is 28.2. The maximum Gasteiger partial charge on any atom is 0.282 e. The smallest absolute Gasteiger partial charge is 0.282 e. The minimum absolute atomic E-state index is 0.803. The lowest BCUT2D eigenvalue weighted by Gasteiger charge is -2.28. The summed E-state index contributed by atoms with van der Waals surface area (Å²) in [6, 6.07) is 2.91. The summed E-state index contributed by atoms with van der Waals surface area (Å²) in [5.41, 5.74) is 0. The maximum absolute atomic E-state index is 5.35. The fourth-order valence-electron chi connectivity index (χ4n) is 4.60. The highest BCUT2D eigenvalue weighted by molar-refractivity contribution is 6.35. The molecule has 0 saturated carbocycles. The van der Waals surface area contributed by atoms with E-state index >= 15 is 0 Å². The van der Waals surface area contributed by atoms with Crippen molar-refractivity contribution in [2.45, 2.75) is 166 Å². The molecule has 0 aliphatic carbocycles. The zero-order valence-electron chi connectivity index (χ0n) is 23.2. The Bertz CT molecular complexity index is 353. The zero-order valence-corrected chi connectivity index (χ0v) is 24.2. The van der Waals surface area contributed by atoms with Crippen LogP contribution in [0.15, 0.2) is 0 Å². The first-order valence-electron chi connectivity index (χ1n) is 14.6. The van der Waals surface area contributed by atoms with E-state index in [-0.39, 0.29) is 0 Å². The minimum Gasteiger partial charge on any atom is -0.331 e. The Morgan fingerprint density at radius 3 is 1.06 bits per heavy atom. The molecule has 2 radical (unpaired) electrons. The Balaban J connectivity index is 3.15. The summed E-state index contributed by atoms with van der Waals surface area (Å²) in [6.45, 7) is 2.30. The van der Waals surface area contributed by atoms with Gasteiger partial charge in [-0.1, -0.05) is 147 Å². The van der Waals surface area contributed by atoms with Gasteiger partial charge in [-0.3, -0.25) is 0 Å². The molecule has 0 spiro atoms. The van der Waals surface area contributed by atoms with Crippen LogP contribution in [0.25, 0.3) is 0 Å². The van der Waals surface area contributed by atoms with Gasteiger partial charge in [0.2, 0.25) is 0 Å². The van der Waals surface area contributed by atoms with Crippen LogP contribution in [0.3, 0.4) is 0 Å². The van der Waals surface area contributed by atoms with Gasteiger partial charge in [0.25, 0.3) is 5.97 Å². The quantitative estimate of drug-likeness (QED) is 0.0628. The Kier molecular flexibility index (Phi) is 26.8. The third-order valence-corrected chi connectivity index (χ3v) is 8.39. The predicted octanol–water partition coefficient (Wildman–Crippen LogP) is 9.72. The van der Waals surface area contributed by atoms with Crippen LogP contribution in [0, 0.1) is 0 Å². The molecular weight excluding hydrogens is 424 g/mol. The number of unbranched alkanes of at least 4 members (excludes halogenated alkanes) is 19. The van der Waals surface area contributed by atoms with Crippen molar-refractivity contribution in [2.24, 2.45) is 0 Å². The Morgan fingerprint density at radius 1 is 0.424 bits per heavy atom. The first kappa shape index (κ1) is 33.1. The predicted molar refractivity (Wildman–Crippen MR) is 146 cm³/mol. The second kappa shape index (κ2) is 26.7. The molecule has 0 aromatic rings. The molecule has 0 rings (SSSR count). The largest absolute Gasteiger partial charge is 0.331 e. The van der Waals surface area contributed by atoms with E-state index in [4.69, 9.17) is 14.2 Å². The number of methoxy groups -OCH3 is 3. The summed E-state index contributed by atoms with van der Waals surface area (Å²) >= 11 is 0. The van der Waals surface area contributed by atoms with E-state index in [0.29, 0.717) is 0 Å². The molecule has 0 N–H and O–H groups in total. The fourth-order valence-corrected chi connectivity index (χ4v) is 5.85. The Labute approximate surface area is 211 Å². The second-order valence-electron chi connectivity index (χ2n) is 9.87. The number of rotatable bonds is 28. The van der Waals surface area contributed by atoms with Gasteiger partial charge < -0.3 is 14.2 Å². The Hall–Kier alpha value is 0.0969. The van der Waals surface area contributed by atoms with Crippen LogP contribution >= 0.6 is 0 Å². The standard InChI is InChI=1S/C29H60O3Si/c1-5-6-7-8-9-10-11-12-13-14-15-16-17-18-21-24-27-33-28-25-22-19-20-23-26-29(30-2,31-3)32-4/h5-28H2,1-4H3. The summed E-state index contributed by atoms with van der Waals surface area (Å²) in [5, 5.41) is 0. The van der Waals surface area contributed by atoms with E-state index in [1.807, 2.05) is 0 Å². The molecule has 4 heteroatoms. The lowest BCUT2D eigenvalue weighted by molar-refractivity contribution is -0.355. The monoisotopic (exact) mass is 484 g/mol. The number of hydrogen-bond donors (Lipinski definition) is 0. The normalized spacial score (nSPS) is 12.0. The van der Waals surface area contributed by atoms with Crippen molar-refractivity contribution in [1.29, 1.82) is 0 Å². The van der Waals surface area contributed by atoms with E-state index in [9.17, 15) is 0 Å². The van der Waals surface area contributed by atoms with Crippen molar-refractivity contribution < 1.29 is 14.2 Å². The van der Waals surface area contributed by atoms with Crippen LogP contribution in [-0.4, -0.2) is 36.8 Å². The number of ether oxygens (including phenoxy) is 3. The average molecular weight is 485 g/mol. The van der Waals surface area contributed by atoms with Gasteiger partial charge in [-0.05, 0) is 6.42 Å². The van der Waals surface area contributed by atoms with E-state index < -0.39 is 5.97 Å². The van der Waals surface area contributed by atoms with Crippen molar-refractivity contribution in [3.8, 4) is 0 Å².